The van der Waals surface area contributed by atoms with Gasteiger partial charge in [-0.25, -0.2) is 0 Å². The summed E-state index contributed by atoms with van der Waals surface area (Å²) in [7, 11) is 0. The van der Waals surface area contributed by atoms with Gasteiger partial charge < -0.3 is 0 Å². The van der Waals surface area contributed by atoms with Crippen LogP contribution in [-0.2, 0) is 0 Å². The molecule has 0 bridgehead atoms. The molecule has 0 aromatic heterocycles. The predicted octanol–water partition coefficient (Wildman–Crippen LogP) is 2.57. The lowest BCUT2D eigenvalue weighted by Crippen LogP contribution is -1.91. The van der Waals surface area contributed by atoms with Gasteiger partial charge in [0.25, 0.3) is 5.69 Å². The van der Waals surface area contributed by atoms with Gasteiger partial charge in [0.15, 0.2) is 0 Å². The number of azide groups is 1. The summed E-state index contributed by atoms with van der Waals surface area (Å²) in [4.78, 5) is 12.7. The molecule has 0 aliphatic carbocycles. The molecule has 1 aromatic carbocycles. The minimum absolute atomic E-state index is 0.0700. The van der Waals surface area contributed by atoms with E-state index in [0.29, 0.717) is 11.1 Å². The number of nitro benzene ring substituents is 1. The largest absolute Gasteiger partial charge is 0.272 e. The second kappa shape index (κ2) is 5.39. The van der Waals surface area contributed by atoms with Crippen LogP contribution in [0.5, 0.6) is 0 Å². The number of benzene rings is 1. The summed E-state index contributed by atoms with van der Waals surface area (Å²) < 4.78 is 0. The molecule has 1 aromatic rings. The average Bonchev–Trinajstić information content (AvgIpc) is 2.24. The van der Waals surface area contributed by atoms with E-state index in [2.05, 4.69) is 21.9 Å². The van der Waals surface area contributed by atoms with E-state index in [0.717, 1.165) is 0 Å². The van der Waals surface area contributed by atoms with E-state index in [9.17, 15) is 10.1 Å². The number of rotatable bonds is 2. The van der Waals surface area contributed by atoms with Gasteiger partial charge >= 0.3 is 0 Å². The summed E-state index contributed by atoms with van der Waals surface area (Å²) >= 11 is 0. The molecule has 0 fully saturated rings. The molecule has 0 unspecified atom stereocenters. The third kappa shape index (κ3) is 3.01. The maximum atomic E-state index is 10.5. The molecule has 0 spiro atoms. The molecular weight excluding hydrogens is 208 g/mol. The summed E-state index contributed by atoms with van der Waals surface area (Å²) in [6, 6.07) is 4.60. The van der Waals surface area contributed by atoms with Crippen LogP contribution >= 0.6 is 0 Å². The van der Waals surface area contributed by atoms with Gasteiger partial charge in [0.1, 0.15) is 0 Å². The third-order valence-corrected chi connectivity index (χ3v) is 1.84. The highest BCUT2D eigenvalue weighted by molar-refractivity contribution is 5.47. The normalized spacial score (nSPS) is 8.56. The van der Waals surface area contributed by atoms with E-state index in [1.807, 2.05) is 0 Å². The van der Waals surface area contributed by atoms with Gasteiger partial charge in [-0.1, -0.05) is 17.0 Å². The van der Waals surface area contributed by atoms with Crippen LogP contribution in [0.3, 0.4) is 0 Å². The Morgan fingerprint density at radius 3 is 2.94 bits per heavy atom. The van der Waals surface area contributed by atoms with E-state index >= 15 is 0 Å². The van der Waals surface area contributed by atoms with Crippen molar-refractivity contribution < 1.29 is 4.92 Å². The van der Waals surface area contributed by atoms with E-state index in [1.165, 1.54) is 6.07 Å². The first-order chi connectivity index (χ1) is 7.65. The summed E-state index contributed by atoms with van der Waals surface area (Å²) in [6.07, 6.45) is 0. The Kier molecular flexibility index (Phi) is 3.90. The van der Waals surface area contributed by atoms with Crippen molar-refractivity contribution in [3.8, 4) is 11.8 Å². The zero-order chi connectivity index (χ0) is 12.0. The molecule has 0 N–H and O–H groups in total. The van der Waals surface area contributed by atoms with Crippen molar-refractivity contribution in [1.82, 2.24) is 0 Å². The first-order valence-corrected chi connectivity index (χ1v) is 4.40. The average molecular weight is 216 g/mol. The van der Waals surface area contributed by atoms with Crippen molar-refractivity contribution in [1.29, 1.82) is 0 Å². The van der Waals surface area contributed by atoms with Crippen LogP contribution in [0, 0.1) is 28.9 Å². The first-order valence-electron chi connectivity index (χ1n) is 4.40. The maximum Gasteiger partial charge on any atom is 0.272 e. The van der Waals surface area contributed by atoms with Crippen LogP contribution in [0.2, 0.25) is 0 Å². The molecule has 0 radical (unpaired) electrons. The standard InChI is InChI=1S/C10H8N4O2/c1-8-7-9(3-2-6-12-13-11)4-5-10(8)14(15)16/h4-5,7H,6H2,1H3. The minimum atomic E-state index is -0.438. The summed E-state index contributed by atoms with van der Waals surface area (Å²) in [5.74, 6) is 5.39. The van der Waals surface area contributed by atoms with Crippen LogP contribution < -0.4 is 0 Å². The van der Waals surface area contributed by atoms with E-state index < -0.39 is 4.92 Å². The van der Waals surface area contributed by atoms with Crippen molar-refractivity contribution in [3.63, 3.8) is 0 Å². The molecule has 6 nitrogen and oxygen atoms in total. The van der Waals surface area contributed by atoms with Gasteiger partial charge in [-0.05, 0) is 24.6 Å². The monoisotopic (exact) mass is 216 g/mol. The van der Waals surface area contributed by atoms with Crippen LogP contribution in [0.25, 0.3) is 10.4 Å². The Morgan fingerprint density at radius 2 is 2.38 bits per heavy atom. The van der Waals surface area contributed by atoms with Crippen molar-refractivity contribution in [2.45, 2.75) is 6.92 Å². The van der Waals surface area contributed by atoms with Gasteiger partial charge in [-0.15, -0.1) is 0 Å². The zero-order valence-corrected chi connectivity index (χ0v) is 8.54. The molecule has 0 saturated carbocycles. The molecule has 6 heteroatoms. The highest BCUT2D eigenvalue weighted by Gasteiger charge is 2.08. The van der Waals surface area contributed by atoms with Crippen molar-refractivity contribution in [2.75, 3.05) is 6.54 Å². The van der Waals surface area contributed by atoms with Gasteiger partial charge in [0.2, 0.25) is 0 Å². The van der Waals surface area contributed by atoms with Gasteiger partial charge in [-0.3, -0.25) is 10.1 Å². The smallest absolute Gasteiger partial charge is 0.258 e. The summed E-state index contributed by atoms with van der Waals surface area (Å²) in [5.41, 5.74) is 9.31. The number of aryl methyl sites for hydroxylation is 1. The maximum absolute atomic E-state index is 10.5. The van der Waals surface area contributed by atoms with Crippen molar-refractivity contribution in [2.24, 2.45) is 5.11 Å². The molecule has 0 atom stereocenters. The van der Waals surface area contributed by atoms with Crippen molar-refractivity contribution in [3.05, 3.63) is 49.9 Å². The second-order valence-electron chi connectivity index (χ2n) is 2.95. The Hall–Kier alpha value is -2.51. The van der Waals surface area contributed by atoms with Crippen LogP contribution in [-0.4, -0.2) is 11.5 Å². The SMILES string of the molecule is Cc1cc(C#CCN=[N+]=[N-])ccc1[N+](=O)[O-]. The van der Waals surface area contributed by atoms with E-state index in [-0.39, 0.29) is 12.2 Å². The first kappa shape index (κ1) is 11.6. The number of nitrogens with zero attached hydrogens (tertiary/aromatic N) is 4. The molecule has 0 aliphatic rings. The lowest BCUT2D eigenvalue weighted by molar-refractivity contribution is -0.385. The van der Waals surface area contributed by atoms with Gasteiger partial charge in [0, 0.05) is 22.1 Å². The highest BCUT2D eigenvalue weighted by atomic mass is 16.6. The molecule has 0 aliphatic heterocycles. The van der Waals surface area contributed by atoms with E-state index in [4.69, 9.17) is 5.53 Å². The topological polar surface area (TPSA) is 91.9 Å². The number of hydrogen-bond acceptors (Lipinski definition) is 3. The van der Waals surface area contributed by atoms with Crippen molar-refractivity contribution >= 4 is 5.69 Å². The molecule has 0 saturated heterocycles. The molecule has 16 heavy (non-hydrogen) atoms. The highest BCUT2D eigenvalue weighted by Crippen LogP contribution is 2.17. The third-order valence-electron chi connectivity index (χ3n) is 1.84. The minimum Gasteiger partial charge on any atom is -0.258 e. The van der Waals surface area contributed by atoms with Crippen LogP contribution in [0.15, 0.2) is 23.3 Å². The molecule has 0 heterocycles. The predicted molar refractivity (Wildman–Crippen MR) is 58.7 cm³/mol. The summed E-state index contributed by atoms with van der Waals surface area (Å²) in [5, 5.41) is 13.8. The fourth-order valence-electron chi connectivity index (χ4n) is 1.15. The van der Waals surface area contributed by atoms with Crippen LogP contribution in [0.1, 0.15) is 11.1 Å². The molecule has 0 amide bonds. The Bertz CT molecular complexity index is 521. The molecular formula is C10H8N4O2. The lowest BCUT2D eigenvalue weighted by Gasteiger charge is -1.96. The zero-order valence-electron chi connectivity index (χ0n) is 8.54. The Balaban J connectivity index is 2.92. The number of hydrogen-bond donors (Lipinski definition) is 0. The quantitative estimate of drug-likeness (QED) is 0.190. The fourth-order valence-corrected chi connectivity index (χ4v) is 1.15. The number of nitro groups is 1. The molecule has 1 rings (SSSR count). The lowest BCUT2D eigenvalue weighted by atomic mass is 10.1. The summed E-state index contributed by atoms with van der Waals surface area (Å²) in [6.45, 7) is 1.74. The van der Waals surface area contributed by atoms with E-state index in [1.54, 1.807) is 19.1 Å². The molecule has 80 valence electrons. The van der Waals surface area contributed by atoms with Crippen LogP contribution in [0.4, 0.5) is 5.69 Å². The second-order valence-corrected chi connectivity index (χ2v) is 2.95. The Labute approximate surface area is 91.7 Å². The van der Waals surface area contributed by atoms with Gasteiger partial charge in [-0.2, -0.15) is 0 Å². The van der Waals surface area contributed by atoms with Gasteiger partial charge in [0.05, 0.1) is 11.5 Å². The Morgan fingerprint density at radius 1 is 1.62 bits per heavy atom. The fraction of sp³-hybridized carbons (Fsp3) is 0.200.